The van der Waals surface area contributed by atoms with E-state index in [4.69, 9.17) is 9.15 Å². The van der Waals surface area contributed by atoms with Gasteiger partial charge in [-0.3, -0.25) is 0 Å². The number of ether oxygens (including phenoxy) is 1. The van der Waals surface area contributed by atoms with Gasteiger partial charge in [-0.05, 0) is 64.3 Å². The number of hydrogen-bond donors (Lipinski definition) is 3. The smallest absolute Gasteiger partial charge is 0.191 e. The van der Waals surface area contributed by atoms with E-state index in [0.29, 0.717) is 38.0 Å². The Morgan fingerprint density at radius 3 is 2.41 bits per heavy atom. The largest absolute Gasteiger partial charge is 0.466 e. The number of nitrogens with zero attached hydrogens (tertiary/aromatic N) is 1. The van der Waals surface area contributed by atoms with E-state index in [9.17, 15) is 9.50 Å². The van der Waals surface area contributed by atoms with Crippen LogP contribution < -0.4 is 10.6 Å². The Labute approximate surface area is 207 Å². The molecule has 1 aromatic heterocycles. The number of guanidine groups is 1. The summed E-state index contributed by atoms with van der Waals surface area (Å²) in [5.74, 6) is 1.87. The lowest BCUT2D eigenvalue weighted by Gasteiger charge is -2.38. The van der Waals surface area contributed by atoms with Gasteiger partial charge in [-0.15, -0.1) is 24.0 Å². The predicted octanol–water partition coefficient (Wildman–Crippen LogP) is 4.16. The molecule has 2 heterocycles. The van der Waals surface area contributed by atoms with Gasteiger partial charge in [-0.2, -0.15) is 0 Å². The fourth-order valence-electron chi connectivity index (χ4n) is 4.21. The third-order valence-corrected chi connectivity index (χ3v) is 6.01. The van der Waals surface area contributed by atoms with Gasteiger partial charge in [0.05, 0.1) is 6.54 Å². The number of aryl methyl sites for hydroxylation is 2. The fraction of sp³-hybridized carbons (Fsp3) is 0.542. The van der Waals surface area contributed by atoms with E-state index in [2.05, 4.69) is 15.6 Å². The molecule has 3 N–H and O–H groups in total. The lowest BCUT2D eigenvalue weighted by Crippen LogP contribution is -2.48. The molecule has 3 rings (SSSR count). The van der Waals surface area contributed by atoms with E-state index in [1.54, 1.807) is 6.92 Å². The summed E-state index contributed by atoms with van der Waals surface area (Å²) in [6, 6.07) is 8.61. The van der Waals surface area contributed by atoms with E-state index >= 15 is 0 Å². The highest BCUT2D eigenvalue weighted by atomic mass is 127. The van der Waals surface area contributed by atoms with Crippen molar-refractivity contribution in [3.63, 3.8) is 0 Å². The van der Waals surface area contributed by atoms with Crippen LogP contribution in [-0.2, 0) is 15.8 Å². The van der Waals surface area contributed by atoms with Crippen molar-refractivity contribution in [2.75, 3.05) is 32.8 Å². The summed E-state index contributed by atoms with van der Waals surface area (Å²) < 4.78 is 24.6. The summed E-state index contributed by atoms with van der Waals surface area (Å²) in [7, 11) is 0. The van der Waals surface area contributed by atoms with Crippen LogP contribution >= 0.6 is 24.0 Å². The maximum atomic E-state index is 13.5. The third-order valence-electron chi connectivity index (χ3n) is 6.01. The van der Waals surface area contributed by atoms with Crippen molar-refractivity contribution in [1.29, 1.82) is 0 Å². The van der Waals surface area contributed by atoms with E-state index in [1.807, 2.05) is 39.0 Å². The summed E-state index contributed by atoms with van der Waals surface area (Å²) in [6.07, 6.45) is 1.69. The molecule has 2 aromatic rings. The van der Waals surface area contributed by atoms with Crippen LogP contribution in [0, 0.1) is 19.7 Å². The predicted molar refractivity (Wildman–Crippen MR) is 135 cm³/mol. The Bertz CT molecular complexity index is 890. The number of halogens is 2. The van der Waals surface area contributed by atoms with Gasteiger partial charge in [-0.25, -0.2) is 9.38 Å². The fourth-order valence-corrected chi connectivity index (χ4v) is 4.21. The average Bonchev–Trinajstić information content (AvgIpc) is 3.10. The van der Waals surface area contributed by atoms with Crippen molar-refractivity contribution in [3.05, 3.63) is 58.8 Å². The Hall–Kier alpha value is -1.65. The molecule has 1 aliphatic rings. The average molecular weight is 559 g/mol. The lowest BCUT2D eigenvalue weighted by molar-refractivity contribution is 0.0513. The first-order valence-electron chi connectivity index (χ1n) is 10.9. The zero-order valence-electron chi connectivity index (χ0n) is 19.3. The maximum absolute atomic E-state index is 13.5. The lowest BCUT2D eigenvalue weighted by atomic mass is 9.74. The van der Waals surface area contributed by atoms with Crippen LogP contribution in [0.15, 0.2) is 39.7 Å². The minimum Gasteiger partial charge on any atom is -0.466 e. The molecule has 0 saturated carbocycles. The van der Waals surface area contributed by atoms with Crippen molar-refractivity contribution < 1.29 is 18.7 Å². The molecule has 178 valence electrons. The van der Waals surface area contributed by atoms with Crippen LogP contribution in [0.1, 0.15) is 49.3 Å². The molecule has 0 aliphatic carbocycles. The van der Waals surface area contributed by atoms with Crippen molar-refractivity contribution in [3.8, 4) is 0 Å². The van der Waals surface area contributed by atoms with Crippen LogP contribution in [0.4, 0.5) is 4.39 Å². The molecule has 1 fully saturated rings. The SMILES string of the molecule is CCNC(=NCC(C)(O)c1cc(C)oc1C)NCC1(c2ccc(F)cc2)CCOCC1.I. The highest BCUT2D eigenvalue weighted by Crippen LogP contribution is 2.34. The number of hydrogen-bond acceptors (Lipinski definition) is 4. The van der Waals surface area contributed by atoms with Gasteiger partial charge in [-0.1, -0.05) is 12.1 Å². The standard InChI is InChI=1S/C24H34FN3O3.HI/c1-5-26-22(27-15-23(4,29)21-14-17(2)31-18(21)3)28-16-24(10-12-30-13-11-24)19-6-8-20(25)9-7-19;/h6-9,14,29H,5,10-13,15-16H2,1-4H3,(H2,26,27,28);1H. The van der Waals surface area contributed by atoms with Crippen molar-refractivity contribution >= 4 is 29.9 Å². The van der Waals surface area contributed by atoms with Gasteiger partial charge in [0.25, 0.3) is 0 Å². The molecule has 6 nitrogen and oxygen atoms in total. The molecule has 1 aliphatic heterocycles. The molecule has 1 unspecified atom stereocenters. The number of nitrogens with one attached hydrogen (secondary N) is 2. The highest BCUT2D eigenvalue weighted by molar-refractivity contribution is 14.0. The first kappa shape index (κ1) is 26.6. The second-order valence-electron chi connectivity index (χ2n) is 8.55. The summed E-state index contributed by atoms with van der Waals surface area (Å²) in [4.78, 5) is 4.65. The van der Waals surface area contributed by atoms with Crippen LogP contribution in [-0.4, -0.2) is 43.9 Å². The molecule has 0 amide bonds. The summed E-state index contributed by atoms with van der Waals surface area (Å²) in [6.45, 7) is 10.3. The molecular weight excluding hydrogens is 524 g/mol. The van der Waals surface area contributed by atoms with Crippen molar-refractivity contribution in [1.82, 2.24) is 10.6 Å². The summed E-state index contributed by atoms with van der Waals surface area (Å²) in [5, 5.41) is 17.7. The first-order chi connectivity index (χ1) is 14.8. The zero-order chi connectivity index (χ0) is 22.5. The minimum absolute atomic E-state index is 0. The Morgan fingerprint density at radius 1 is 1.19 bits per heavy atom. The second-order valence-corrected chi connectivity index (χ2v) is 8.55. The highest BCUT2D eigenvalue weighted by Gasteiger charge is 2.35. The van der Waals surface area contributed by atoms with Gasteiger partial charge in [0.15, 0.2) is 5.96 Å². The third kappa shape index (κ3) is 6.45. The molecule has 8 heteroatoms. The molecule has 1 atom stereocenters. The van der Waals surface area contributed by atoms with E-state index in [-0.39, 0.29) is 41.8 Å². The number of aliphatic imine (C=N–C) groups is 1. The van der Waals surface area contributed by atoms with Gasteiger partial charge >= 0.3 is 0 Å². The van der Waals surface area contributed by atoms with Gasteiger partial charge < -0.3 is 24.9 Å². The molecule has 32 heavy (non-hydrogen) atoms. The number of rotatable bonds is 7. The molecule has 0 radical (unpaired) electrons. The number of furan rings is 1. The number of benzene rings is 1. The van der Waals surface area contributed by atoms with Crippen LogP contribution in [0.3, 0.4) is 0 Å². The Morgan fingerprint density at radius 2 is 1.84 bits per heavy atom. The quantitative estimate of drug-likeness (QED) is 0.270. The van der Waals surface area contributed by atoms with Crippen molar-refractivity contribution in [2.45, 2.75) is 51.6 Å². The van der Waals surface area contributed by atoms with Crippen LogP contribution in [0.5, 0.6) is 0 Å². The van der Waals surface area contributed by atoms with Gasteiger partial charge in [0.1, 0.15) is 22.9 Å². The second kappa shape index (κ2) is 11.5. The van der Waals surface area contributed by atoms with Gasteiger partial charge in [0.2, 0.25) is 0 Å². The minimum atomic E-state index is -1.14. The normalized spacial score (nSPS) is 17.9. The summed E-state index contributed by atoms with van der Waals surface area (Å²) in [5.41, 5.74) is 0.536. The van der Waals surface area contributed by atoms with Gasteiger partial charge in [0, 0.05) is 37.3 Å². The monoisotopic (exact) mass is 559 g/mol. The molecule has 0 spiro atoms. The Balaban J connectivity index is 0.00000363. The topological polar surface area (TPSA) is 79.0 Å². The zero-order valence-corrected chi connectivity index (χ0v) is 21.7. The summed E-state index contributed by atoms with van der Waals surface area (Å²) >= 11 is 0. The van der Waals surface area contributed by atoms with E-state index < -0.39 is 5.60 Å². The molecule has 1 aromatic carbocycles. The number of aliphatic hydroxyl groups is 1. The van der Waals surface area contributed by atoms with Crippen LogP contribution in [0.2, 0.25) is 0 Å². The maximum Gasteiger partial charge on any atom is 0.191 e. The van der Waals surface area contributed by atoms with Crippen molar-refractivity contribution in [2.24, 2.45) is 4.99 Å². The molecule has 0 bridgehead atoms. The first-order valence-corrected chi connectivity index (χ1v) is 10.9. The Kier molecular flexibility index (Phi) is 9.53. The molecule has 1 saturated heterocycles. The van der Waals surface area contributed by atoms with Crippen LogP contribution in [0.25, 0.3) is 0 Å². The molecular formula is C24H35FIN3O3. The van der Waals surface area contributed by atoms with E-state index in [1.165, 1.54) is 12.1 Å². The van der Waals surface area contributed by atoms with E-state index in [0.717, 1.165) is 29.7 Å².